The molecule has 1 saturated carbocycles. The summed E-state index contributed by atoms with van der Waals surface area (Å²) in [7, 11) is 0. The number of carbonyl (C=O) groups is 1. The van der Waals surface area contributed by atoms with Crippen LogP contribution in [0.1, 0.15) is 53.1 Å². The fourth-order valence-corrected chi connectivity index (χ4v) is 2.97. The lowest BCUT2D eigenvalue weighted by atomic mass is 9.86. The van der Waals surface area contributed by atoms with Gasteiger partial charge in [-0.1, -0.05) is 12.1 Å². The van der Waals surface area contributed by atoms with Crippen molar-refractivity contribution in [2.45, 2.75) is 44.6 Å². The Morgan fingerprint density at radius 2 is 1.95 bits per heavy atom. The fraction of sp³-hybridized carbons (Fsp3) is 0.562. The first-order valence-electron chi connectivity index (χ1n) is 7.37. The summed E-state index contributed by atoms with van der Waals surface area (Å²) in [4.78, 5) is 12.2. The highest BCUT2D eigenvalue weighted by molar-refractivity contribution is 5.96. The minimum atomic E-state index is 0.107. The summed E-state index contributed by atoms with van der Waals surface area (Å²) in [5, 5.41) is 6.49. The normalized spacial score (nSPS) is 20.3. The molecule has 0 atom stereocenters. The Morgan fingerprint density at radius 3 is 2.63 bits per heavy atom. The van der Waals surface area contributed by atoms with Crippen LogP contribution in [0.15, 0.2) is 18.2 Å². The van der Waals surface area contributed by atoms with Crippen LogP contribution >= 0.6 is 0 Å². The molecule has 1 saturated heterocycles. The topological polar surface area (TPSA) is 41.1 Å². The van der Waals surface area contributed by atoms with Crippen LogP contribution in [0.25, 0.3) is 0 Å². The van der Waals surface area contributed by atoms with Gasteiger partial charge in [0.05, 0.1) is 0 Å². The summed E-state index contributed by atoms with van der Waals surface area (Å²) >= 11 is 0. The van der Waals surface area contributed by atoms with E-state index in [0.717, 1.165) is 31.5 Å². The molecule has 2 aliphatic rings. The maximum absolute atomic E-state index is 12.2. The highest BCUT2D eigenvalue weighted by atomic mass is 16.1. The average Bonchev–Trinajstić information content (AvgIpc) is 3.24. The van der Waals surface area contributed by atoms with E-state index in [1.165, 1.54) is 24.0 Å². The second kappa shape index (κ2) is 5.33. The first-order chi connectivity index (χ1) is 9.25. The Hall–Kier alpha value is -1.35. The van der Waals surface area contributed by atoms with Crippen LogP contribution in [0.3, 0.4) is 0 Å². The molecule has 0 spiro atoms. The van der Waals surface area contributed by atoms with Crippen molar-refractivity contribution in [2.75, 3.05) is 13.1 Å². The van der Waals surface area contributed by atoms with Crippen molar-refractivity contribution in [1.29, 1.82) is 0 Å². The van der Waals surface area contributed by atoms with Gasteiger partial charge in [0.25, 0.3) is 5.91 Å². The molecule has 1 amide bonds. The van der Waals surface area contributed by atoms with Gasteiger partial charge in [0.2, 0.25) is 0 Å². The molecule has 102 valence electrons. The fourth-order valence-electron chi connectivity index (χ4n) is 2.97. The van der Waals surface area contributed by atoms with Crippen molar-refractivity contribution in [1.82, 2.24) is 10.6 Å². The number of hydrogen-bond donors (Lipinski definition) is 2. The van der Waals surface area contributed by atoms with Gasteiger partial charge in [-0.15, -0.1) is 0 Å². The Labute approximate surface area is 114 Å². The SMILES string of the molecule is Cc1c(C(=O)NC2CC2)cccc1C1CCNCC1. The van der Waals surface area contributed by atoms with Gasteiger partial charge >= 0.3 is 0 Å². The van der Waals surface area contributed by atoms with Gasteiger partial charge in [-0.25, -0.2) is 0 Å². The van der Waals surface area contributed by atoms with Gasteiger partial charge < -0.3 is 10.6 Å². The van der Waals surface area contributed by atoms with E-state index in [4.69, 9.17) is 0 Å². The van der Waals surface area contributed by atoms with Crippen LogP contribution < -0.4 is 10.6 Å². The van der Waals surface area contributed by atoms with Crippen LogP contribution in [0.5, 0.6) is 0 Å². The Balaban J connectivity index is 1.82. The number of rotatable bonds is 3. The summed E-state index contributed by atoms with van der Waals surface area (Å²) in [6, 6.07) is 6.61. The molecule has 1 aliphatic heterocycles. The highest BCUT2D eigenvalue weighted by Crippen LogP contribution is 2.29. The van der Waals surface area contributed by atoms with Crippen LogP contribution in [0.4, 0.5) is 0 Å². The highest BCUT2D eigenvalue weighted by Gasteiger charge is 2.25. The number of hydrogen-bond acceptors (Lipinski definition) is 2. The lowest BCUT2D eigenvalue weighted by Gasteiger charge is -2.25. The lowest BCUT2D eigenvalue weighted by molar-refractivity contribution is 0.0950. The van der Waals surface area contributed by atoms with Crippen LogP contribution in [0.2, 0.25) is 0 Å². The molecular formula is C16H22N2O. The van der Waals surface area contributed by atoms with Crippen molar-refractivity contribution in [3.05, 3.63) is 34.9 Å². The molecule has 3 nitrogen and oxygen atoms in total. The Kier molecular flexibility index (Phi) is 3.56. The number of nitrogens with one attached hydrogen (secondary N) is 2. The zero-order chi connectivity index (χ0) is 13.2. The molecule has 0 unspecified atom stereocenters. The molecule has 2 N–H and O–H groups in total. The van der Waals surface area contributed by atoms with E-state index in [9.17, 15) is 4.79 Å². The smallest absolute Gasteiger partial charge is 0.251 e. The summed E-state index contributed by atoms with van der Waals surface area (Å²) in [5.74, 6) is 0.714. The van der Waals surface area contributed by atoms with E-state index in [2.05, 4.69) is 23.6 Å². The summed E-state index contributed by atoms with van der Waals surface area (Å²) in [6.07, 6.45) is 4.63. The molecule has 1 aromatic carbocycles. The first kappa shape index (κ1) is 12.7. The van der Waals surface area contributed by atoms with Crippen molar-refractivity contribution in [2.24, 2.45) is 0 Å². The van der Waals surface area contributed by atoms with Gasteiger partial charge in [-0.3, -0.25) is 4.79 Å². The van der Waals surface area contributed by atoms with Crippen LogP contribution in [-0.2, 0) is 0 Å². The maximum Gasteiger partial charge on any atom is 0.251 e. The van der Waals surface area contributed by atoms with Crippen LogP contribution in [0, 0.1) is 6.92 Å². The minimum Gasteiger partial charge on any atom is -0.349 e. The number of benzene rings is 1. The third-order valence-corrected chi connectivity index (χ3v) is 4.31. The van der Waals surface area contributed by atoms with E-state index >= 15 is 0 Å². The third kappa shape index (κ3) is 2.81. The molecule has 1 aromatic rings. The predicted octanol–water partition coefficient (Wildman–Crippen LogP) is 2.35. The third-order valence-electron chi connectivity index (χ3n) is 4.31. The number of piperidine rings is 1. The van der Waals surface area contributed by atoms with E-state index in [-0.39, 0.29) is 5.91 Å². The zero-order valence-corrected chi connectivity index (χ0v) is 11.5. The monoisotopic (exact) mass is 258 g/mol. The largest absolute Gasteiger partial charge is 0.349 e. The molecule has 0 bridgehead atoms. The molecule has 0 radical (unpaired) electrons. The van der Waals surface area contributed by atoms with Crippen LogP contribution in [-0.4, -0.2) is 25.0 Å². The van der Waals surface area contributed by atoms with Crippen molar-refractivity contribution in [3.8, 4) is 0 Å². The van der Waals surface area contributed by atoms with Crippen molar-refractivity contribution < 1.29 is 4.79 Å². The van der Waals surface area contributed by atoms with Gasteiger partial charge in [-0.05, 0) is 68.8 Å². The van der Waals surface area contributed by atoms with Gasteiger partial charge in [0.15, 0.2) is 0 Å². The molecule has 1 heterocycles. The molecule has 0 aromatic heterocycles. The predicted molar refractivity (Wildman–Crippen MR) is 76.5 cm³/mol. The molecule has 3 rings (SSSR count). The van der Waals surface area contributed by atoms with E-state index < -0.39 is 0 Å². The van der Waals surface area contributed by atoms with E-state index in [1.807, 2.05) is 12.1 Å². The molecule has 3 heteroatoms. The molecule has 1 aliphatic carbocycles. The second-order valence-electron chi connectivity index (χ2n) is 5.79. The van der Waals surface area contributed by atoms with Crippen molar-refractivity contribution >= 4 is 5.91 Å². The standard InChI is InChI=1S/C16H22N2O/c1-11-14(12-7-9-17-10-8-12)3-2-4-15(11)16(19)18-13-5-6-13/h2-4,12-13,17H,5-10H2,1H3,(H,18,19). The minimum absolute atomic E-state index is 0.107. The molecule has 2 fully saturated rings. The lowest BCUT2D eigenvalue weighted by Crippen LogP contribution is -2.28. The second-order valence-corrected chi connectivity index (χ2v) is 5.79. The Morgan fingerprint density at radius 1 is 1.21 bits per heavy atom. The quantitative estimate of drug-likeness (QED) is 0.874. The summed E-state index contributed by atoms with van der Waals surface area (Å²) in [6.45, 7) is 4.27. The Bertz CT molecular complexity index is 474. The van der Waals surface area contributed by atoms with Gasteiger partial charge in [0, 0.05) is 11.6 Å². The average molecular weight is 258 g/mol. The van der Waals surface area contributed by atoms with Gasteiger partial charge in [-0.2, -0.15) is 0 Å². The maximum atomic E-state index is 12.2. The summed E-state index contributed by atoms with van der Waals surface area (Å²) < 4.78 is 0. The zero-order valence-electron chi connectivity index (χ0n) is 11.5. The molecule has 19 heavy (non-hydrogen) atoms. The van der Waals surface area contributed by atoms with E-state index in [1.54, 1.807) is 0 Å². The van der Waals surface area contributed by atoms with E-state index in [0.29, 0.717) is 12.0 Å². The number of amides is 1. The molecular weight excluding hydrogens is 236 g/mol. The van der Waals surface area contributed by atoms with Gasteiger partial charge in [0.1, 0.15) is 0 Å². The van der Waals surface area contributed by atoms with Crippen molar-refractivity contribution in [3.63, 3.8) is 0 Å². The first-order valence-corrected chi connectivity index (χ1v) is 7.37. The number of carbonyl (C=O) groups excluding carboxylic acids is 1. The summed E-state index contributed by atoms with van der Waals surface area (Å²) in [5.41, 5.74) is 3.40.